The predicted molar refractivity (Wildman–Crippen MR) is 232 cm³/mol. The topological polar surface area (TPSA) is 9.23 Å². The first kappa shape index (κ1) is 30.3. The fourth-order valence-corrected chi connectivity index (χ4v) is 9.21. The van der Waals surface area contributed by atoms with Crippen LogP contribution in [0.25, 0.3) is 109 Å². The highest BCUT2D eigenvalue weighted by molar-refractivity contribution is 6.27. The molecule has 0 fully saturated rings. The Morgan fingerprint density at radius 2 is 0.782 bits per heavy atom. The second-order valence-electron chi connectivity index (χ2n) is 14.8. The van der Waals surface area contributed by atoms with Gasteiger partial charge in [0.25, 0.3) is 0 Å². The molecule has 1 aliphatic rings. The van der Waals surface area contributed by atoms with Gasteiger partial charge in [-0.3, -0.25) is 0 Å². The van der Waals surface area contributed by atoms with E-state index in [1.165, 1.54) is 104 Å². The third-order valence-corrected chi connectivity index (χ3v) is 11.8. The quantitative estimate of drug-likeness (QED) is 0.166. The van der Waals surface area contributed by atoms with E-state index < -0.39 is 0 Å². The summed E-state index contributed by atoms with van der Waals surface area (Å²) in [5, 5.41) is 12.7. The molecule has 55 heavy (non-hydrogen) atoms. The zero-order valence-corrected chi connectivity index (χ0v) is 29.9. The fourth-order valence-electron chi connectivity index (χ4n) is 9.21. The van der Waals surface area contributed by atoms with Gasteiger partial charge in [0.1, 0.15) is 11.5 Å². The van der Waals surface area contributed by atoms with Crippen molar-refractivity contribution in [1.82, 2.24) is 0 Å². The molecule has 11 aromatic carbocycles. The minimum absolute atomic E-state index is 0.891. The van der Waals surface area contributed by atoms with Crippen LogP contribution in [0.2, 0.25) is 0 Å². The zero-order chi connectivity index (χ0) is 36.0. The van der Waals surface area contributed by atoms with Gasteiger partial charge in [-0.1, -0.05) is 164 Å². The molecule has 1 aliphatic heterocycles. The van der Waals surface area contributed by atoms with Crippen molar-refractivity contribution in [3.63, 3.8) is 0 Å². The Morgan fingerprint density at radius 1 is 0.236 bits per heavy atom. The highest BCUT2D eigenvalue weighted by Crippen LogP contribution is 2.50. The van der Waals surface area contributed by atoms with E-state index in [0.29, 0.717) is 0 Å². The van der Waals surface area contributed by atoms with Crippen LogP contribution in [-0.4, -0.2) is 0 Å². The van der Waals surface area contributed by atoms with Crippen LogP contribution < -0.4 is 4.74 Å². The summed E-state index contributed by atoms with van der Waals surface area (Å²) in [7, 11) is 0. The van der Waals surface area contributed by atoms with Crippen molar-refractivity contribution in [2.75, 3.05) is 0 Å². The average Bonchev–Trinajstić information content (AvgIpc) is 3.25. The molecule has 0 amide bonds. The SMILES string of the molecule is c1ccc(-c2ccc3c4c(cccc24)-c2cc(-c4cccc(-c5ccc6ccc7c(-c8ccc9ccccc9c8)ccc8ccc5c6c87)c4)ccc2O3)cc1. The van der Waals surface area contributed by atoms with Crippen LogP contribution in [0.3, 0.4) is 0 Å². The predicted octanol–water partition coefficient (Wildman–Crippen LogP) is 15.3. The maximum absolute atomic E-state index is 6.58. The van der Waals surface area contributed by atoms with Crippen LogP contribution in [0.15, 0.2) is 194 Å². The van der Waals surface area contributed by atoms with Crippen molar-refractivity contribution in [2.24, 2.45) is 0 Å². The van der Waals surface area contributed by atoms with Gasteiger partial charge >= 0.3 is 0 Å². The molecule has 0 aliphatic carbocycles. The molecule has 0 unspecified atom stereocenters. The highest BCUT2D eigenvalue weighted by atomic mass is 16.5. The maximum Gasteiger partial charge on any atom is 0.135 e. The van der Waals surface area contributed by atoms with Crippen LogP contribution in [0.5, 0.6) is 11.5 Å². The Hall–Kier alpha value is -7.22. The van der Waals surface area contributed by atoms with E-state index in [-0.39, 0.29) is 0 Å². The number of hydrogen-bond acceptors (Lipinski definition) is 1. The minimum Gasteiger partial charge on any atom is -0.456 e. The lowest BCUT2D eigenvalue weighted by Gasteiger charge is -2.23. The van der Waals surface area contributed by atoms with Crippen molar-refractivity contribution in [2.45, 2.75) is 0 Å². The average molecular weight is 697 g/mol. The largest absolute Gasteiger partial charge is 0.456 e. The smallest absolute Gasteiger partial charge is 0.135 e. The minimum atomic E-state index is 0.891. The van der Waals surface area contributed by atoms with Crippen LogP contribution in [0.4, 0.5) is 0 Å². The summed E-state index contributed by atoms with van der Waals surface area (Å²) in [5.41, 5.74) is 12.1. The number of benzene rings is 11. The molecule has 0 N–H and O–H groups in total. The Labute approximate surface area is 318 Å². The molecule has 0 radical (unpaired) electrons. The van der Waals surface area contributed by atoms with Crippen LogP contribution in [-0.2, 0) is 0 Å². The third-order valence-electron chi connectivity index (χ3n) is 11.8. The van der Waals surface area contributed by atoms with Gasteiger partial charge in [-0.15, -0.1) is 0 Å². The number of ether oxygens (including phenoxy) is 1. The summed E-state index contributed by atoms with van der Waals surface area (Å²) < 4.78 is 6.58. The van der Waals surface area contributed by atoms with Crippen molar-refractivity contribution in [1.29, 1.82) is 0 Å². The molecule has 0 aromatic heterocycles. The second kappa shape index (κ2) is 11.6. The molecular formula is C54H32O. The van der Waals surface area contributed by atoms with Crippen LogP contribution >= 0.6 is 0 Å². The molecule has 1 heteroatoms. The molecular weight excluding hydrogens is 665 g/mol. The summed E-state index contributed by atoms with van der Waals surface area (Å²) >= 11 is 0. The summed E-state index contributed by atoms with van der Waals surface area (Å²) in [6.07, 6.45) is 0. The lowest BCUT2D eigenvalue weighted by Crippen LogP contribution is -1.98. The van der Waals surface area contributed by atoms with E-state index in [1.54, 1.807) is 0 Å². The van der Waals surface area contributed by atoms with E-state index in [1.807, 2.05) is 0 Å². The monoisotopic (exact) mass is 696 g/mol. The molecule has 0 saturated heterocycles. The third kappa shape index (κ3) is 4.60. The normalized spacial score (nSPS) is 12.1. The van der Waals surface area contributed by atoms with Crippen LogP contribution in [0.1, 0.15) is 0 Å². The van der Waals surface area contributed by atoms with Gasteiger partial charge in [0.05, 0.1) is 0 Å². The van der Waals surface area contributed by atoms with E-state index >= 15 is 0 Å². The van der Waals surface area contributed by atoms with Gasteiger partial charge < -0.3 is 4.74 Å². The lowest BCUT2D eigenvalue weighted by atomic mass is 9.86. The van der Waals surface area contributed by atoms with Crippen molar-refractivity contribution >= 4 is 53.9 Å². The summed E-state index contributed by atoms with van der Waals surface area (Å²) in [5.74, 6) is 1.80. The number of rotatable bonds is 4. The molecule has 0 bridgehead atoms. The van der Waals surface area contributed by atoms with Gasteiger partial charge in [-0.25, -0.2) is 0 Å². The number of fused-ring (bicyclic) bond motifs is 3. The van der Waals surface area contributed by atoms with E-state index in [4.69, 9.17) is 4.74 Å². The lowest BCUT2D eigenvalue weighted by molar-refractivity contribution is 0.487. The van der Waals surface area contributed by atoms with E-state index in [2.05, 4.69) is 194 Å². The molecule has 12 rings (SSSR count). The molecule has 11 aromatic rings. The highest BCUT2D eigenvalue weighted by Gasteiger charge is 2.23. The van der Waals surface area contributed by atoms with Gasteiger partial charge in [0, 0.05) is 10.9 Å². The molecule has 254 valence electrons. The first-order valence-electron chi connectivity index (χ1n) is 19.0. The fraction of sp³-hybridized carbons (Fsp3) is 0. The summed E-state index contributed by atoms with van der Waals surface area (Å²) in [4.78, 5) is 0. The van der Waals surface area contributed by atoms with E-state index in [0.717, 1.165) is 17.1 Å². The molecule has 1 heterocycles. The first-order chi connectivity index (χ1) is 27.2. The Bertz CT molecular complexity index is 3340. The molecule has 0 atom stereocenters. The van der Waals surface area contributed by atoms with E-state index in [9.17, 15) is 0 Å². The van der Waals surface area contributed by atoms with Crippen molar-refractivity contribution < 1.29 is 4.74 Å². The van der Waals surface area contributed by atoms with Gasteiger partial charge in [-0.2, -0.15) is 0 Å². The summed E-state index contributed by atoms with van der Waals surface area (Å²) in [6.45, 7) is 0. The molecule has 1 nitrogen and oxygen atoms in total. The Balaban J connectivity index is 0.981. The Kier molecular flexibility index (Phi) is 6.40. The maximum atomic E-state index is 6.58. The van der Waals surface area contributed by atoms with Gasteiger partial charge in [0.15, 0.2) is 0 Å². The molecule has 0 saturated carbocycles. The van der Waals surface area contributed by atoms with Gasteiger partial charge in [0.2, 0.25) is 0 Å². The Morgan fingerprint density at radius 3 is 1.58 bits per heavy atom. The van der Waals surface area contributed by atoms with Crippen molar-refractivity contribution in [3.05, 3.63) is 194 Å². The standard InChI is InChI=1S/C54H32O/c1-2-9-34(10-3-1)42-27-29-51-54-45(42)14-7-15-46(54)49-32-39(22-28-50(49)55-51)38-12-6-13-40(31-38)43-23-18-35-21-26-48-44(24-19-36-20-25-47(43)52(35)53(36)48)41-17-16-33-8-4-5-11-37(33)30-41/h1-32H. The number of hydrogen-bond donors (Lipinski definition) is 0. The zero-order valence-electron chi connectivity index (χ0n) is 29.9. The second-order valence-corrected chi connectivity index (χ2v) is 14.8. The van der Waals surface area contributed by atoms with Crippen molar-refractivity contribution in [3.8, 4) is 67.1 Å². The first-order valence-corrected chi connectivity index (χ1v) is 19.0. The molecule has 0 spiro atoms. The summed E-state index contributed by atoms with van der Waals surface area (Å²) in [6, 6.07) is 71.0. The van der Waals surface area contributed by atoms with Gasteiger partial charge in [-0.05, 0) is 129 Å². The van der Waals surface area contributed by atoms with Crippen LogP contribution in [0, 0.1) is 0 Å².